The van der Waals surface area contributed by atoms with Crippen molar-refractivity contribution in [2.24, 2.45) is 0 Å². The third kappa shape index (κ3) is 2.75. The molecule has 1 nitrogen and oxygen atoms in total. The highest BCUT2D eigenvalue weighted by Gasteiger charge is 2.36. The zero-order chi connectivity index (χ0) is 13.2. The normalized spacial score (nSPS) is 20.1. The number of benzene rings is 1. The average Bonchev–Trinajstić information content (AvgIpc) is 2.38. The fraction of sp³-hybridized carbons (Fsp3) is 0.286. The number of rotatable bonds is 2. The molecule has 0 radical (unpaired) electrons. The van der Waals surface area contributed by atoms with Gasteiger partial charge in [0.25, 0.3) is 0 Å². The van der Waals surface area contributed by atoms with Crippen LogP contribution in [0, 0.1) is 0 Å². The summed E-state index contributed by atoms with van der Waals surface area (Å²) in [6.45, 7) is 0. The Kier molecular flexibility index (Phi) is 3.45. The second-order valence-corrected chi connectivity index (χ2v) is 4.16. The van der Waals surface area contributed by atoms with E-state index in [-0.39, 0.29) is 18.1 Å². The standard InChI is InChI=1S/C14H13F3O/c1-18-13-8-11(10-5-3-2-4-6-10)7-12(9-13)14(15,16)17/h2-6,8-9,11H,7H2,1H3. The Morgan fingerprint density at radius 2 is 1.83 bits per heavy atom. The Morgan fingerprint density at radius 1 is 1.17 bits per heavy atom. The van der Waals surface area contributed by atoms with Gasteiger partial charge in [0, 0.05) is 11.5 Å². The summed E-state index contributed by atoms with van der Waals surface area (Å²) >= 11 is 0. The summed E-state index contributed by atoms with van der Waals surface area (Å²) in [5.41, 5.74) is 0.317. The van der Waals surface area contributed by atoms with E-state index in [4.69, 9.17) is 4.74 Å². The molecule has 0 spiro atoms. The lowest BCUT2D eigenvalue weighted by molar-refractivity contribution is -0.0948. The predicted molar refractivity (Wildman–Crippen MR) is 63.0 cm³/mol. The van der Waals surface area contributed by atoms with E-state index >= 15 is 0 Å². The van der Waals surface area contributed by atoms with E-state index in [1.807, 2.05) is 30.3 Å². The molecular formula is C14H13F3O. The van der Waals surface area contributed by atoms with Gasteiger partial charge in [0.05, 0.1) is 7.11 Å². The zero-order valence-electron chi connectivity index (χ0n) is 9.87. The highest BCUT2D eigenvalue weighted by atomic mass is 19.4. The summed E-state index contributed by atoms with van der Waals surface area (Å²) in [6, 6.07) is 9.14. The highest BCUT2D eigenvalue weighted by molar-refractivity contribution is 5.36. The molecule has 1 unspecified atom stereocenters. The van der Waals surface area contributed by atoms with Crippen LogP contribution < -0.4 is 0 Å². The van der Waals surface area contributed by atoms with Crippen LogP contribution in [0.15, 0.2) is 53.8 Å². The first-order chi connectivity index (χ1) is 8.50. The molecule has 0 bridgehead atoms. The molecule has 0 aliphatic heterocycles. The maximum atomic E-state index is 12.8. The summed E-state index contributed by atoms with van der Waals surface area (Å²) in [6.07, 6.45) is -1.55. The Morgan fingerprint density at radius 3 is 2.39 bits per heavy atom. The van der Waals surface area contributed by atoms with Gasteiger partial charge in [-0.15, -0.1) is 0 Å². The number of hydrogen-bond acceptors (Lipinski definition) is 1. The molecule has 1 aromatic carbocycles. The van der Waals surface area contributed by atoms with Crippen molar-refractivity contribution in [2.75, 3.05) is 7.11 Å². The molecule has 0 aromatic heterocycles. The smallest absolute Gasteiger partial charge is 0.412 e. The van der Waals surface area contributed by atoms with Crippen molar-refractivity contribution in [3.05, 3.63) is 59.4 Å². The molecule has 1 aromatic rings. The van der Waals surface area contributed by atoms with Crippen LogP contribution in [0.5, 0.6) is 0 Å². The molecule has 1 aliphatic rings. The summed E-state index contributed by atoms with van der Waals surface area (Å²) in [7, 11) is 1.38. The van der Waals surface area contributed by atoms with Crippen LogP contribution in [0.1, 0.15) is 17.9 Å². The number of allylic oxidation sites excluding steroid dienone is 3. The Bertz CT molecular complexity index is 472. The lowest BCUT2D eigenvalue weighted by atomic mass is 9.87. The molecule has 0 heterocycles. The van der Waals surface area contributed by atoms with Crippen LogP contribution in [0.2, 0.25) is 0 Å². The van der Waals surface area contributed by atoms with Crippen LogP contribution in [0.3, 0.4) is 0 Å². The number of alkyl halides is 3. The summed E-state index contributed by atoms with van der Waals surface area (Å²) < 4.78 is 43.3. The Balaban J connectivity index is 2.32. The Hall–Kier alpha value is -1.71. The van der Waals surface area contributed by atoms with Crippen LogP contribution in [0.25, 0.3) is 0 Å². The van der Waals surface area contributed by atoms with E-state index in [9.17, 15) is 13.2 Å². The number of methoxy groups -OCH3 is 1. The molecule has 2 rings (SSSR count). The third-order valence-electron chi connectivity index (χ3n) is 2.95. The summed E-state index contributed by atoms with van der Waals surface area (Å²) in [5.74, 6) is -0.0230. The molecule has 0 saturated carbocycles. The fourth-order valence-electron chi connectivity index (χ4n) is 2.01. The van der Waals surface area contributed by atoms with Crippen molar-refractivity contribution in [3.63, 3.8) is 0 Å². The minimum Gasteiger partial charge on any atom is -0.497 e. The van der Waals surface area contributed by atoms with Crippen LogP contribution >= 0.6 is 0 Å². The summed E-state index contributed by atoms with van der Waals surface area (Å²) in [4.78, 5) is 0. The van der Waals surface area contributed by atoms with Gasteiger partial charge in [-0.05, 0) is 24.1 Å². The minimum absolute atomic E-state index is 0.0413. The van der Waals surface area contributed by atoms with Crippen LogP contribution in [0.4, 0.5) is 13.2 Å². The molecule has 96 valence electrons. The van der Waals surface area contributed by atoms with Gasteiger partial charge >= 0.3 is 6.18 Å². The third-order valence-corrected chi connectivity index (χ3v) is 2.95. The zero-order valence-corrected chi connectivity index (χ0v) is 9.87. The fourth-order valence-corrected chi connectivity index (χ4v) is 2.01. The van der Waals surface area contributed by atoms with Crippen molar-refractivity contribution >= 4 is 0 Å². The molecule has 0 amide bonds. The van der Waals surface area contributed by atoms with Gasteiger partial charge < -0.3 is 4.74 Å². The first kappa shape index (κ1) is 12.7. The van der Waals surface area contributed by atoms with Crippen molar-refractivity contribution in [2.45, 2.75) is 18.5 Å². The molecule has 1 atom stereocenters. The molecule has 0 saturated heterocycles. The van der Waals surface area contributed by atoms with E-state index in [0.717, 1.165) is 11.6 Å². The van der Waals surface area contributed by atoms with Gasteiger partial charge in [-0.3, -0.25) is 0 Å². The molecule has 1 aliphatic carbocycles. The van der Waals surface area contributed by atoms with Gasteiger partial charge in [-0.2, -0.15) is 13.2 Å². The van der Waals surface area contributed by atoms with Gasteiger partial charge in [-0.25, -0.2) is 0 Å². The lowest BCUT2D eigenvalue weighted by Crippen LogP contribution is -2.17. The van der Waals surface area contributed by atoms with E-state index < -0.39 is 11.7 Å². The summed E-state index contributed by atoms with van der Waals surface area (Å²) in [5, 5.41) is 0. The van der Waals surface area contributed by atoms with E-state index in [1.165, 1.54) is 7.11 Å². The average molecular weight is 254 g/mol. The van der Waals surface area contributed by atoms with Crippen molar-refractivity contribution in [1.82, 2.24) is 0 Å². The topological polar surface area (TPSA) is 9.23 Å². The monoisotopic (exact) mass is 254 g/mol. The molecule has 18 heavy (non-hydrogen) atoms. The maximum Gasteiger partial charge on any atom is 0.412 e. The van der Waals surface area contributed by atoms with Crippen LogP contribution in [-0.2, 0) is 4.74 Å². The highest BCUT2D eigenvalue weighted by Crippen LogP contribution is 2.39. The molecular weight excluding hydrogens is 241 g/mol. The van der Waals surface area contributed by atoms with Gasteiger partial charge in [0.15, 0.2) is 0 Å². The van der Waals surface area contributed by atoms with Crippen molar-refractivity contribution in [3.8, 4) is 0 Å². The van der Waals surface area contributed by atoms with Gasteiger partial charge in [0.2, 0.25) is 0 Å². The molecule has 4 heteroatoms. The second-order valence-electron chi connectivity index (χ2n) is 4.16. The molecule has 0 N–H and O–H groups in total. The van der Waals surface area contributed by atoms with Crippen molar-refractivity contribution in [1.29, 1.82) is 0 Å². The largest absolute Gasteiger partial charge is 0.497 e. The Labute approximate surface area is 104 Å². The molecule has 0 fully saturated rings. The first-order valence-electron chi connectivity index (χ1n) is 5.59. The maximum absolute atomic E-state index is 12.8. The number of hydrogen-bond donors (Lipinski definition) is 0. The first-order valence-corrected chi connectivity index (χ1v) is 5.59. The quantitative estimate of drug-likeness (QED) is 0.768. The van der Waals surface area contributed by atoms with Gasteiger partial charge in [-0.1, -0.05) is 30.3 Å². The van der Waals surface area contributed by atoms with Crippen LogP contribution in [-0.4, -0.2) is 13.3 Å². The van der Waals surface area contributed by atoms with Gasteiger partial charge in [0.1, 0.15) is 5.76 Å². The lowest BCUT2D eigenvalue weighted by Gasteiger charge is -2.23. The van der Waals surface area contributed by atoms with E-state index in [1.54, 1.807) is 6.08 Å². The minimum atomic E-state index is -4.30. The second kappa shape index (κ2) is 4.88. The number of ether oxygens (including phenoxy) is 1. The van der Waals surface area contributed by atoms with Crippen molar-refractivity contribution < 1.29 is 17.9 Å². The number of halogens is 3. The SMILES string of the molecule is COC1=CC(c2ccccc2)CC(C(F)(F)F)=C1. The predicted octanol–water partition coefficient (Wildman–Crippen LogP) is 4.19. The van der Waals surface area contributed by atoms with E-state index in [0.29, 0.717) is 0 Å². The van der Waals surface area contributed by atoms with E-state index in [2.05, 4.69) is 0 Å².